The molecular formula is C22H36O3. The highest BCUT2D eigenvalue weighted by molar-refractivity contribution is 5.96. The minimum absolute atomic E-state index is 0.224. The first-order valence-electron chi connectivity index (χ1n) is 9.25. The highest BCUT2D eigenvalue weighted by atomic mass is 16.5. The summed E-state index contributed by atoms with van der Waals surface area (Å²) >= 11 is 0. The molecule has 0 aromatic rings. The molecule has 3 heteroatoms. The number of ketones is 1. The zero-order valence-corrected chi connectivity index (χ0v) is 17.2. The Hall–Kier alpha value is -1.64. The number of rotatable bonds is 5. The van der Waals surface area contributed by atoms with Crippen LogP contribution in [0.2, 0.25) is 0 Å². The van der Waals surface area contributed by atoms with Crippen molar-refractivity contribution in [2.24, 2.45) is 5.92 Å². The number of allylic oxidation sites excluding steroid dienone is 5. The van der Waals surface area contributed by atoms with Gasteiger partial charge >= 0.3 is 5.97 Å². The van der Waals surface area contributed by atoms with Gasteiger partial charge in [0.15, 0.2) is 5.78 Å². The van der Waals surface area contributed by atoms with Gasteiger partial charge in [0.05, 0.1) is 0 Å². The Balaban J connectivity index is 0.000000472. The summed E-state index contributed by atoms with van der Waals surface area (Å²) in [6, 6.07) is 0. The standard InChI is InChI=1S/C12H20O2.C10H16O/c1-10(2)6-5-7-11(3)8-9-14-12(4)13;1-7(2)9-5-4-8(3)6-10(9)11/h6,8H,5,7,9H2,1-4H3;8H,4-6H2,1-3H3/b11-8+;/t;8-/m.1/s1. The lowest BCUT2D eigenvalue weighted by Gasteiger charge is -2.19. The van der Waals surface area contributed by atoms with Crippen molar-refractivity contribution >= 4 is 11.8 Å². The average Bonchev–Trinajstić information content (AvgIpc) is 2.46. The molecule has 25 heavy (non-hydrogen) atoms. The van der Waals surface area contributed by atoms with Crippen LogP contribution < -0.4 is 0 Å². The fourth-order valence-electron chi connectivity index (χ4n) is 2.59. The lowest BCUT2D eigenvalue weighted by molar-refractivity contribution is -0.139. The fraction of sp³-hybridized carbons (Fsp3) is 0.636. The highest BCUT2D eigenvalue weighted by Gasteiger charge is 2.20. The van der Waals surface area contributed by atoms with Gasteiger partial charge in [0.2, 0.25) is 0 Å². The molecule has 0 radical (unpaired) electrons. The summed E-state index contributed by atoms with van der Waals surface area (Å²) in [5.41, 5.74) is 4.91. The van der Waals surface area contributed by atoms with E-state index >= 15 is 0 Å². The molecule has 1 aliphatic carbocycles. The number of carbonyl (C=O) groups excluding carboxylic acids is 2. The summed E-state index contributed by atoms with van der Waals surface area (Å²) < 4.78 is 4.81. The van der Waals surface area contributed by atoms with Crippen molar-refractivity contribution in [3.8, 4) is 0 Å². The van der Waals surface area contributed by atoms with E-state index in [0.29, 0.717) is 18.3 Å². The van der Waals surface area contributed by atoms with Gasteiger partial charge in [0.1, 0.15) is 6.61 Å². The van der Waals surface area contributed by atoms with E-state index in [-0.39, 0.29) is 5.97 Å². The molecule has 0 spiro atoms. The molecule has 142 valence electrons. The highest BCUT2D eigenvalue weighted by Crippen LogP contribution is 2.26. The Bertz CT molecular complexity index is 527. The fourth-order valence-corrected chi connectivity index (χ4v) is 2.59. The molecule has 1 rings (SSSR count). The summed E-state index contributed by atoms with van der Waals surface area (Å²) in [4.78, 5) is 21.9. The molecule has 0 heterocycles. The molecule has 1 fully saturated rings. The molecule has 0 aromatic carbocycles. The van der Waals surface area contributed by atoms with Gasteiger partial charge in [0.25, 0.3) is 0 Å². The van der Waals surface area contributed by atoms with Crippen molar-refractivity contribution in [2.75, 3.05) is 6.61 Å². The van der Waals surface area contributed by atoms with Gasteiger partial charge in [0, 0.05) is 13.3 Å². The van der Waals surface area contributed by atoms with Crippen LogP contribution >= 0.6 is 0 Å². The number of Topliss-reactive ketones (excluding diaryl/α,β-unsaturated/α-hetero) is 1. The minimum Gasteiger partial charge on any atom is -0.462 e. The molecule has 0 saturated heterocycles. The number of carbonyl (C=O) groups is 2. The predicted molar refractivity (Wildman–Crippen MR) is 105 cm³/mol. The van der Waals surface area contributed by atoms with Crippen molar-refractivity contribution in [2.45, 2.75) is 80.6 Å². The number of hydrogen-bond acceptors (Lipinski definition) is 3. The van der Waals surface area contributed by atoms with Crippen LogP contribution in [-0.4, -0.2) is 18.4 Å². The van der Waals surface area contributed by atoms with Gasteiger partial charge < -0.3 is 4.74 Å². The topological polar surface area (TPSA) is 43.4 Å². The second-order valence-electron chi connectivity index (χ2n) is 7.42. The van der Waals surface area contributed by atoms with Gasteiger partial charge in [-0.25, -0.2) is 0 Å². The molecule has 1 atom stereocenters. The van der Waals surface area contributed by atoms with Crippen LogP contribution in [0.4, 0.5) is 0 Å². The summed E-state index contributed by atoms with van der Waals surface area (Å²) in [6.45, 7) is 14.3. The maximum atomic E-state index is 11.4. The van der Waals surface area contributed by atoms with E-state index in [9.17, 15) is 9.59 Å². The lowest BCUT2D eigenvalue weighted by atomic mass is 9.84. The Morgan fingerprint density at radius 1 is 1.12 bits per heavy atom. The second-order valence-corrected chi connectivity index (χ2v) is 7.42. The molecule has 0 aliphatic heterocycles. The largest absolute Gasteiger partial charge is 0.462 e. The average molecular weight is 349 g/mol. The van der Waals surface area contributed by atoms with E-state index < -0.39 is 0 Å². The molecule has 1 aliphatic rings. The number of ether oxygens (including phenoxy) is 1. The zero-order valence-electron chi connectivity index (χ0n) is 17.2. The SMILES string of the molecule is CC(=O)OC/C=C(\C)CCC=C(C)C.CC(C)=C1CC[C@@H](C)CC1=O. The van der Waals surface area contributed by atoms with Gasteiger partial charge in [-0.3, -0.25) is 9.59 Å². The van der Waals surface area contributed by atoms with Crippen molar-refractivity contribution in [1.29, 1.82) is 0 Å². The quantitative estimate of drug-likeness (QED) is 0.350. The van der Waals surface area contributed by atoms with Gasteiger partial charge in [-0.15, -0.1) is 0 Å². The van der Waals surface area contributed by atoms with Gasteiger partial charge in [-0.2, -0.15) is 0 Å². The van der Waals surface area contributed by atoms with Crippen LogP contribution in [0.5, 0.6) is 0 Å². The van der Waals surface area contributed by atoms with E-state index in [1.165, 1.54) is 30.1 Å². The van der Waals surface area contributed by atoms with Crippen LogP contribution in [0, 0.1) is 5.92 Å². The summed E-state index contributed by atoms with van der Waals surface area (Å²) in [5.74, 6) is 0.757. The lowest BCUT2D eigenvalue weighted by Crippen LogP contribution is -2.16. The van der Waals surface area contributed by atoms with Crippen LogP contribution in [0.3, 0.4) is 0 Å². The molecule has 1 saturated carbocycles. The molecule has 0 unspecified atom stereocenters. The monoisotopic (exact) mass is 348 g/mol. The third-order valence-electron chi connectivity index (χ3n) is 4.17. The van der Waals surface area contributed by atoms with Crippen LogP contribution in [0.15, 0.2) is 34.4 Å². The summed E-state index contributed by atoms with van der Waals surface area (Å²) in [7, 11) is 0. The molecular weight excluding hydrogens is 312 g/mol. The second kappa shape index (κ2) is 12.7. The van der Waals surface area contributed by atoms with Crippen molar-refractivity contribution in [1.82, 2.24) is 0 Å². The first kappa shape index (κ1) is 23.4. The molecule has 0 aromatic heterocycles. The van der Waals surface area contributed by atoms with Gasteiger partial charge in [-0.1, -0.05) is 29.7 Å². The molecule has 0 N–H and O–H groups in total. The van der Waals surface area contributed by atoms with E-state index in [0.717, 1.165) is 31.3 Å². The molecule has 0 amide bonds. The van der Waals surface area contributed by atoms with Crippen LogP contribution in [-0.2, 0) is 14.3 Å². The van der Waals surface area contributed by atoms with Crippen LogP contribution in [0.25, 0.3) is 0 Å². The Morgan fingerprint density at radius 2 is 1.76 bits per heavy atom. The number of esters is 1. The normalized spacial score (nSPS) is 17.4. The summed E-state index contributed by atoms with van der Waals surface area (Å²) in [5, 5.41) is 0. The van der Waals surface area contributed by atoms with E-state index in [4.69, 9.17) is 4.74 Å². The third-order valence-corrected chi connectivity index (χ3v) is 4.17. The summed E-state index contributed by atoms with van der Waals surface area (Å²) in [6.07, 6.45) is 9.22. The molecule has 0 bridgehead atoms. The third kappa shape index (κ3) is 12.4. The first-order chi connectivity index (χ1) is 11.6. The number of hydrogen-bond donors (Lipinski definition) is 0. The smallest absolute Gasteiger partial charge is 0.302 e. The maximum Gasteiger partial charge on any atom is 0.302 e. The van der Waals surface area contributed by atoms with Gasteiger partial charge in [-0.05, 0) is 77.9 Å². The van der Waals surface area contributed by atoms with E-state index in [2.05, 4.69) is 33.8 Å². The van der Waals surface area contributed by atoms with Crippen molar-refractivity contribution < 1.29 is 14.3 Å². The van der Waals surface area contributed by atoms with Crippen molar-refractivity contribution in [3.05, 3.63) is 34.4 Å². The maximum absolute atomic E-state index is 11.4. The Kier molecular flexibility index (Phi) is 11.9. The Morgan fingerprint density at radius 3 is 2.24 bits per heavy atom. The van der Waals surface area contributed by atoms with E-state index in [1.807, 2.05) is 19.9 Å². The zero-order chi connectivity index (χ0) is 19.4. The minimum atomic E-state index is -0.224. The first-order valence-corrected chi connectivity index (χ1v) is 9.25. The predicted octanol–water partition coefficient (Wildman–Crippen LogP) is 5.95. The molecule has 3 nitrogen and oxygen atoms in total. The van der Waals surface area contributed by atoms with E-state index in [1.54, 1.807) is 0 Å². The van der Waals surface area contributed by atoms with Crippen LogP contribution in [0.1, 0.15) is 80.6 Å². The Labute approximate surface area is 154 Å². The van der Waals surface area contributed by atoms with Crippen molar-refractivity contribution in [3.63, 3.8) is 0 Å².